The quantitative estimate of drug-likeness (QED) is 0.0990. The number of aliphatic carboxylic acids is 1. The molecule has 0 bridgehead atoms. The Balaban J connectivity index is 1.47. The molecule has 1 saturated carbocycles. The third-order valence-electron chi connectivity index (χ3n) is 14.7. The van der Waals surface area contributed by atoms with Gasteiger partial charge in [0, 0.05) is 47.3 Å². The van der Waals surface area contributed by atoms with Crippen LogP contribution in [0.1, 0.15) is 105 Å². The van der Waals surface area contributed by atoms with E-state index in [2.05, 4.69) is 15.4 Å². The number of rotatable bonds is 27. The number of carboxylic acid groups (broad SMARTS) is 1. The molecule has 1 aromatic rings. The number of carboxylic acids is 1. The SMILES string of the molecule is CC[C@H](C)[C@@H]([C@@H](CC(=O)N1CCC[C@H]1[C@H](OC)[C@@H](C)C(=O)N[C@@H](Cc1ccc(OCC(=O)N2CCC(C(=O)O)CC2)cc1)C(=O)NS(=O)(=O)C1CC1)OC)N(C)C(=O)[C@@H](NC(=O)[C@H](C(C)C)N(C)C)C(C)C. The predicted octanol–water partition coefficient (Wildman–Crippen LogP) is 2.67. The number of carbonyl (C=O) groups is 7. The smallest absolute Gasteiger partial charge is 0.306 e. The van der Waals surface area contributed by atoms with Crippen LogP contribution in [0.25, 0.3) is 0 Å². The van der Waals surface area contributed by atoms with Gasteiger partial charge in [-0.25, -0.2) is 8.42 Å². The molecular formula is C51H83N7O13S. The van der Waals surface area contributed by atoms with Crippen LogP contribution in [0.4, 0.5) is 0 Å². The van der Waals surface area contributed by atoms with Gasteiger partial charge in [0.05, 0.1) is 53.8 Å². The van der Waals surface area contributed by atoms with Crippen molar-refractivity contribution in [1.82, 2.24) is 35.0 Å². The Morgan fingerprint density at radius 3 is 1.93 bits per heavy atom. The highest BCUT2D eigenvalue weighted by Crippen LogP contribution is 2.31. The van der Waals surface area contributed by atoms with Gasteiger partial charge in [-0.1, -0.05) is 67.0 Å². The average molecular weight is 1030 g/mol. The van der Waals surface area contributed by atoms with Gasteiger partial charge in [0.25, 0.3) is 11.8 Å². The van der Waals surface area contributed by atoms with E-state index in [0.717, 1.165) is 0 Å². The normalized spacial score (nSPS) is 20.0. The van der Waals surface area contributed by atoms with Crippen LogP contribution in [0, 0.1) is 29.6 Å². The summed E-state index contributed by atoms with van der Waals surface area (Å²) in [5.74, 6) is -4.85. The molecule has 0 radical (unpaired) electrons. The number of hydrogen-bond donors (Lipinski definition) is 4. The van der Waals surface area contributed by atoms with Crippen LogP contribution >= 0.6 is 0 Å². The molecule has 406 valence electrons. The lowest BCUT2D eigenvalue weighted by Gasteiger charge is -2.41. The molecule has 72 heavy (non-hydrogen) atoms. The van der Waals surface area contributed by atoms with E-state index >= 15 is 0 Å². The van der Waals surface area contributed by atoms with E-state index < -0.39 is 87.3 Å². The molecule has 6 amide bonds. The van der Waals surface area contributed by atoms with Gasteiger partial charge in [0.2, 0.25) is 33.7 Å². The Bertz CT molecular complexity index is 2120. The maximum absolute atomic E-state index is 14.5. The maximum Gasteiger partial charge on any atom is 0.306 e. The predicted molar refractivity (Wildman–Crippen MR) is 270 cm³/mol. The van der Waals surface area contributed by atoms with E-state index in [0.29, 0.717) is 75.9 Å². The van der Waals surface area contributed by atoms with Crippen molar-refractivity contribution in [2.24, 2.45) is 29.6 Å². The Kier molecular flexibility index (Phi) is 22.3. The Morgan fingerprint density at radius 2 is 1.42 bits per heavy atom. The summed E-state index contributed by atoms with van der Waals surface area (Å²) in [7, 11) is 4.32. The lowest BCUT2D eigenvalue weighted by molar-refractivity contribution is -0.148. The van der Waals surface area contributed by atoms with Crippen molar-refractivity contribution in [2.45, 2.75) is 154 Å². The minimum absolute atomic E-state index is 0.00284. The first-order chi connectivity index (χ1) is 33.9. The first-order valence-electron chi connectivity index (χ1n) is 25.5. The summed E-state index contributed by atoms with van der Waals surface area (Å²) >= 11 is 0. The topological polar surface area (TPSA) is 251 Å². The molecule has 2 heterocycles. The number of carbonyl (C=O) groups excluding carboxylic acids is 6. The van der Waals surface area contributed by atoms with E-state index in [-0.39, 0.29) is 60.8 Å². The van der Waals surface area contributed by atoms with Crippen LogP contribution in [0.15, 0.2) is 24.3 Å². The molecule has 9 atom stereocenters. The van der Waals surface area contributed by atoms with E-state index in [4.69, 9.17) is 14.2 Å². The number of likely N-dealkylation sites (N-methyl/N-ethyl adjacent to an activating group) is 2. The number of hydrogen-bond acceptors (Lipinski definition) is 13. The number of piperidine rings is 1. The third kappa shape index (κ3) is 15.8. The summed E-state index contributed by atoms with van der Waals surface area (Å²) in [4.78, 5) is 101. The molecule has 4 N–H and O–H groups in total. The van der Waals surface area contributed by atoms with Gasteiger partial charge >= 0.3 is 5.97 Å². The van der Waals surface area contributed by atoms with Crippen LogP contribution in [0.3, 0.4) is 0 Å². The molecule has 3 aliphatic rings. The molecule has 0 unspecified atom stereocenters. The summed E-state index contributed by atoms with van der Waals surface area (Å²) in [5, 5.41) is 14.4. The zero-order valence-corrected chi connectivity index (χ0v) is 45.4. The molecule has 0 spiro atoms. The van der Waals surface area contributed by atoms with Gasteiger partial charge < -0.3 is 44.7 Å². The van der Waals surface area contributed by atoms with E-state index in [1.54, 1.807) is 52.9 Å². The van der Waals surface area contributed by atoms with Gasteiger partial charge in [0.1, 0.15) is 17.8 Å². The lowest BCUT2D eigenvalue weighted by Crippen LogP contribution is -2.59. The Morgan fingerprint density at radius 1 is 0.792 bits per heavy atom. The third-order valence-corrected chi connectivity index (χ3v) is 16.5. The van der Waals surface area contributed by atoms with Crippen LogP contribution in [0.2, 0.25) is 0 Å². The Hall–Kier alpha value is -4.86. The standard InChI is InChI=1S/C51H83N7O13S/c1-13-32(6)45(56(10)50(64)43(30(2)3)53-49(63)44(31(4)5)55(8)9)40(69-11)28-41(59)58-24-14-15-39(58)46(70-12)33(7)47(61)52-38(48(62)54-72(67,68)37-20-21-37)27-34-16-18-36(19-17-34)71-29-42(60)57-25-22-35(23-26-57)51(65)66/h16-19,30-33,35,37-40,43-46H,13-15,20-29H2,1-12H3,(H,52,61)(H,53,63)(H,54,62)(H,65,66)/t32-,33+,38-,39-,40+,43-,44-,45-,46+/m0/s1. The molecule has 0 aromatic heterocycles. The number of amides is 6. The number of benzene rings is 1. The van der Waals surface area contributed by atoms with E-state index in [1.807, 2.05) is 60.5 Å². The van der Waals surface area contributed by atoms with Crippen LogP contribution in [-0.4, -0.2) is 184 Å². The molecular weight excluding hydrogens is 951 g/mol. The highest BCUT2D eigenvalue weighted by molar-refractivity contribution is 7.90. The van der Waals surface area contributed by atoms with Crippen molar-refractivity contribution < 1.29 is 61.3 Å². The van der Waals surface area contributed by atoms with Crippen molar-refractivity contribution in [1.29, 1.82) is 0 Å². The summed E-state index contributed by atoms with van der Waals surface area (Å²) in [6, 6.07) is 2.77. The number of sulfonamides is 1. The number of likely N-dealkylation sites (tertiary alicyclic amines) is 2. The zero-order chi connectivity index (χ0) is 53.8. The number of nitrogens with zero attached hydrogens (tertiary/aromatic N) is 4. The van der Waals surface area contributed by atoms with Crippen molar-refractivity contribution in [3.8, 4) is 5.75 Å². The van der Waals surface area contributed by atoms with Crippen LogP contribution in [0.5, 0.6) is 5.75 Å². The highest BCUT2D eigenvalue weighted by atomic mass is 32.2. The summed E-state index contributed by atoms with van der Waals surface area (Å²) in [6.07, 6.45) is 1.62. The van der Waals surface area contributed by atoms with Crippen molar-refractivity contribution in [2.75, 3.05) is 61.6 Å². The number of ether oxygens (including phenoxy) is 3. The summed E-state index contributed by atoms with van der Waals surface area (Å²) < 4.78 is 45.8. The monoisotopic (exact) mass is 1030 g/mol. The van der Waals surface area contributed by atoms with Gasteiger partial charge in [-0.2, -0.15) is 0 Å². The molecule has 1 aromatic carbocycles. The van der Waals surface area contributed by atoms with Crippen molar-refractivity contribution >= 4 is 51.4 Å². The molecule has 2 aliphatic heterocycles. The fraction of sp³-hybridized carbons (Fsp3) is 0.745. The minimum atomic E-state index is -3.98. The minimum Gasteiger partial charge on any atom is -0.484 e. The molecule has 2 saturated heterocycles. The van der Waals surface area contributed by atoms with Crippen molar-refractivity contribution in [3.63, 3.8) is 0 Å². The second-order valence-electron chi connectivity index (χ2n) is 20.9. The lowest BCUT2D eigenvalue weighted by atomic mass is 9.89. The molecule has 3 fully saturated rings. The molecule has 21 heteroatoms. The van der Waals surface area contributed by atoms with E-state index in [1.165, 1.54) is 14.2 Å². The van der Waals surface area contributed by atoms with Gasteiger partial charge in [-0.05, 0) is 88.1 Å². The highest BCUT2D eigenvalue weighted by Gasteiger charge is 2.44. The van der Waals surface area contributed by atoms with Gasteiger partial charge in [0.15, 0.2) is 6.61 Å². The second kappa shape index (κ2) is 26.9. The van der Waals surface area contributed by atoms with E-state index in [9.17, 15) is 47.1 Å². The second-order valence-corrected chi connectivity index (χ2v) is 22.8. The van der Waals surface area contributed by atoms with Crippen LogP contribution < -0.4 is 20.1 Å². The van der Waals surface area contributed by atoms with Crippen LogP contribution in [-0.2, 0) is 59.5 Å². The van der Waals surface area contributed by atoms with Gasteiger partial charge in [-0.3, -0.25) is 43.2 Å². The molecule has 20 nitrogen and oxygen atoms in total. The zero-order valence-electron chi connectivity index (χ0n) is 44.6. The summed E-state index contributed by atoms with van der Waals surface area (Å²) in [6.45, 7) is 14.1. The Labute approximate surface area is 427 Å². The largest absolute Gasteiger partial charge is 0.484 e. The first kappa shape index (κ1) is 59.7. The molecule has 1 aliphatic carbocycles. The average Bonchev–Trinajstić information content (AvgIpc) is 4.10. The fourth-order valence-electron chi connectivity index (χ4n) is 10.2. The van der Waals surface area contributed by atoms with Gasteiger partial charge in [-0.15, -0.1) is 0 Å². The summed E-state index contributed by atoms with van der Waals surface area (Å²) in [5.41, 5.74) is 0.557. The molecule has 4 rings (SSSR count). The fourth-order valence-corrected chi connectivity index (χ4v) is 11.5. The first-order valence-corrected chi connectivity index (χ1v) is 27.1. The van der Waals surface area contributed by atoms with Crippen molar-refractivity contribution in [3.05, 3.63) is 29.8 Å². The number of methoxy groups -OCH3 is 2. The maximum atomic E-state index is 14.5. The number of nitrogens with one attached hydrogen (secondary N) is 3.